The molecule has 0 saturated carbocycles. The van der Waals surface area contributed by atoms with Gasteiger partial charge in [0, 0.05) is 25.8 Å². The summed E-state index contributed by atoms with van der Waals surface area (Å²) < 4.78 is 5.71. The van der Waals surface area contributed by atoms with Crippen LogP contribution in [-0.2, 0) is 11.3 Å². The van der Waals surface area contributed by atoms with Gasteiger partial charge in [0.25, 0.3) is 0 Å². The number of rotatable bonds is 7. The molecule has 0 fully saturated rings. The molecule has 0 bridgehead atoms. The summed E-state index contributed by atoms with van der Waals surface area (Å²) in [5, 5.41) is 13.0. The molecule has 16 heavy (non-hydrogen) atoms. The van der Waals surface area contributed by atoms with Gasteiger partial charge in [-0.2, -0.15) is 0 Å². The first kappa shape index (κ1) is 13.5. The van der Waals surface area contributed by atoms with Crippen molar-refractivity contribution in [3.63, 3.8) is 0 Å². The van der Waals surface area contributed by atoms with Crippen molar-refractivity contribution in [1.82, 2.24) is 5.32 Å². The molecule has 1 rings (SSSR count). The highest BCUT2D eigenvalue weighted by Gasteiger charge is 2.03. The lowest BCUT2D eigenvalue weighted by atomic mass is 10.2. The van der Waals surface area contributed by atoms with Crippen LogP contribution in [-0.4, -0.2) is 25.4 Å². The number of benzene rings is 1. The summed E-state index contributed by atoms with van der Waals surface area (Å²) in [4.78, 5) is 0. The third-order valence-electron chi connectivity index (χ3n) is 2.34. The summed E-state index contributed by atoms with van der Waals surface area (Å²) in [5.41, 5.74) is 0.918. The Morgan fingerprint density at radius 2 is 2.19 bits per heavy atom. The number of hydrogen-bond acceptors (Lipinski definition) is 3. The van der Waals surface area contributed by atoms with E-state index in [0.717, 1.165) is 36.0 Å². The summed E-state index contributed by atoms with van der Waals surface area (Å²) in [5.74, 6) is 0.326. The molecule has 0 aliphatic carbocycles. The average Bonchev–Trinajstić information content (AvgIpc) is 2.29. The van der Waals surface area contributed by atoms with E-state index >= 15 is 0 Å². The molecule has 3 nitrogen and oxygen atoms in total. The SMILES string of the molecule is COCCCCNCc1cccc(Br)c1O. The first-order valence-electron chi connectivity index (χ1n) is 5.41. The van der Waals surface area contributed by atoms with E-state index < -0.39 is 0 Å². The zero-order valence-electron chi connectivity index (χ0n) is 9.50. The van der Waals surface area contributed by atoms with Crippen LogP contribution in [0.15, 0.2) is 22.7 Å². The van der Waals surface area contributed by atoms with Crippen LogP contribution >= 0.6 is 15.9 Å². The van der Waals surface area contributed by atoms with Crippen molar-refractivity contribution in [2.24, 2.45) is 0 Å². The van der Waals surface area contributed by atoms with E-state index in [1.165, 1.54) is 0 Å². The normalized spacial score (nSPS) is 10.6. The Hall–Kier alpha value is -0.580. The van der Waals surface area contributed by atoms with Crippen LogP contribution in [0.25, 0.3) is 0 Å². The van der Waals surface area contributed by atoms with Crippen molar-refractivity contribution < 1.29 is 9.84 Å². The van der Waals surface area contributed by atoms with Gasteiger partial charge in [-0.3, -0.25) is 0 Å². The summed E-state index contributed by atoms with van der Waals surface area (Å²) in [7, 11) is 1.72. The summed E-state index contributed by atoms with van der Waals surface area (Å²) in [6.45, 7) is 2.44. The van der Waals surface area contributed by atoms with Crippen molar-refractivity contribution in [2.75, 3.05) is 20.3 Å². The minimum atomic E-state index is 0.326. The van der Waals surface area contributed by atoms with E-state index in [2.05, 4.69) is 21.2 Å². The average molecular weight is 288 g/mol. The second-order valence-electron chi connectivity index (χ2n) is 3.62. The predicted octanol–water partition coefficient (Wildman–Crippen LogP) is 2.67. The molecular formula is C12H18BrNO2. The van der Waals surface area contributed by atoms with Gasteiger partial charge < -0.3 is 15.2 Å². The topological polar surface area (TPSA) is 41.5 Å². The first-order chi connectivity index (χ1) is 7.75. The lowest BCUT2D eigenvalue weighted by Gasteiger charge is -2.07. The number of unbranched alkanes of at least 4 members (excludes halogenated alkanes) is 1. The number of para-hydroxylation sites is 1. The molecule has 0 aromatic heterocycles. The van der Waals surface area contributed by atoms with Gasteiger partial charge in [0.15, 0.2) is 0 Å². The predicted molar refractivity (Wildman–Crippen MR) is 68.6 cm³/mol. The fourth-order valence-electron chi connectivity index (χ4n) is 1.42. The van der Waals surface area contributed by atoms with E-state index in [1.807, 2.05) is 18.2 Å². The second-order valence-corrected chi connectivity index (χ2v) is 4.48. The molecule has 0 spiro atoms. The van der Waals surface area contributed by atoms with E-state index in [1.54, 1.807) is 7.11 Å². The summed E-state index contributed by atoms with van der Waals surface area (Å²) in [6, 6.07) is 5.67. The van der Waals surface area contributed by atoms with Gasteiger partial charge in [0.05, 0.1) is 4.47 Å². The van der Waals surface area contributed by atoms with Gasteiger partial charge in [-0.25, -0.2) is 0 Å². The van der Waals surface area contributed by atoms with E-state index in [9.17, 15) is 5.11 Å². The number of hydrogen-bond donors (Lipinski definition) is 2. The van der Waals surface area contributed by atoms with E-state index in [0.29, 0.717) is 12.3 Å². The molecule has 4 heteroatoms. The third-order valence-corrected chi connectivity index (χ3v) is 2.98. The maximum atomic E-state index is 9.73. The molecule has 0 aliphatic rings. The van der Waals surface area contributed by atoms with Crippen molar-refractivity contribution in [1.29, 1.82) is 0 Å². The van der Waals surface area contributed by atoms with Crippen LogP contribution in [0.3, 0.4) is 0 Å². The summed E-state index contributed by atoms with van der Waals surface area (Å²) in [6.07, 6.45) is 2.15. The number of ether oxygens (including phenoxy) is 1. The number of methoxy groups -OCH3 is 1. The zero-order valence-corrected chi connectivity index (χ0v) is 11.1. The Balaban J connectivity index is 2.24. The maximum absolute atomic E-state index is 9.73. The Labute approximate surface area is 105 Å². The van der Waals surface area contributed by atoms with E-state index in [4.69, 9.17) is 4.74 Å². The molecule has 0 aliphatic heterocycles. The number of phenols is 1. The molecule has 0 unspecified atom stereocenters. The van der Waals surface area contributed by atoms with E-state index in [-0.39, 0.29) is 0 Å². The van der Waals surface area contributed by atoms with Gasteiger partial charge in [-0.15, -0.1) is 0 Å². The fourth-order valence-corrected chi connectivity index (χ4v) is 1.83. The number of halogens is 1. The first-order valence-corrected chi connectivity index (χ1v) is 6.21. The molecular weight excluding hydrogens is 270 g/mol. The standard InChI is InChI=1S/C12H18BrNO2/c1-16-8-3-2-7-14-9-10-5-4-6-11(13)12(10)15/h4-6,14-15H,2-3,7-9H2,1H3. The molecule has 0 saturated heterocycles. The minimum absolute atomic E-state index is 0.326. The number of nitrogens with one attached hydrogen (secondary N) is 1. The molecule has 0 radical (unpaired) electrons. The summed E-state index contributed by atoms with van der Waals surface area (Å²) >= 11 is 3.29. The molecule has 0 amide bonds. The highest BCUT2D eigenvalue weighted by atomic mass is 79.9. The lowest BCUT2D eigenvalue weighted by molar-refractivity contribution is 0.192. The van der Waals surface area contributed by atoms with Crippen LogP contribution in [0.1, 0.15) is 18.4 Å². The van der Waals surface area contributed by atoms with Gasteiger partial charge in [0.1, 0.15) is 5.75 Å². The quantitative estimate of drug-likeness (QED) is 0.758. The van der Waals surface area contributed by atoms with Gasteiger partial charge in [0.2, 0.25) is 0 Å². The van der Waals surface area contributed by atoms with Crippen LogP contribution in [0.2, 0.25) is 0 Å². The lowest BCUT2D eigenvalue weighted by Crippen LogP contribution is -2.15. The molecule has 0 heterocycles. The monoisotopic (exact) mass is 287 g/mol. The molecule has 90 valence electrons. The van der Waals surface area contributed by atoms with Crippen LogP contribution in [0.4, 0.5) is 0 Å². The van der Waals surface area contributed by atoms with Crippen LogP contribution in [0, 0.1) is 0 Å². The Bertz CT molecular complexity index is 318. The number of aromatic hydroxyl groups is 1. The third kappa shape index (κ3) is 4.51. The molecule has 1 aromatic rings. The van der Waals surface area contributed by atoms with Crippen LogP contribution in [0.5, 0.6) is 5.75 Å². The maximum Gasteiger partial charge on any atom is 0.134 e. The van der Waals surface area contributed by atoms with Crippen molar-refractivity contribution in [3.05, 3.63) is 28.2 Å². The fraction of sp³-hybridized carbons (Fsp3) is 0.500. The second kappa shape index (κ2) is 7.65. The minimum Gasteiger partial charge on any atom is -0.506 e. The van der Waals surface area contributed by atoms with Gasteiger partial charge in [-0.1, -0.05) is 12.1 Å². The van der Waals surface area contributed by atoms with Gasteiger partial charge in [-0.05, 0) is 41.4 Å². The Morgan fingerprint density at radius 1 is 1.38 bits per heavy atom. The largest absolute Gasteiger partial charge is 0.506 e. The smallest absolute Gasteiger partial charge is 0.134 e. The molecule has 0 atom stereocenters. The van der Waals surface area contributed by atoms with Crippen LogP contribution < -0.4 is 5.32 Å². The van der Waals surface area contributed by atoms with Crippen molar-refractivity contribution in [3.8, 4) is 5.75 Å². The highest BCUT2D eigenvalue weighted by molar-refractivity contribution is 9.10. The highest BCUT2D eigenvalue weighted by Crippen LogP contribution is 2.27. The molecule has 1 aromatic carbocycles. The van der Waals surface area contributed by atoms with Crippen molar-refractivity contribution in [2.45, 2.75) is 19.4 Å². The molecule has 2 N–H and O–H groups in total. The zero-order chi connectivity index (χ0) is 11.8. The Morgan fingerprint density at radius 3 is 2.94 bits per heavy atom. The van der Waals surface area contributed by atoms with Gasteiger partial charge >= 0.3 is 0 Å². The van der Waals surface area contributed by atoms with Crippen molar-refractivity contribution >= 4 is 15.9 Å². The number of phenolic OH excluding ortho intramolecular Hbond substituents is 1. The Kier molecular flexibility index (Phi) is 6.45.